The zero-order chi connectivity index (χ0) is 13.5. The second-order valence-corrected chi connectivity index (χ2v) is 6.58. The van der Waals surface area contributed by atoms with E-state index in [9.17, 15) is 13.2 Å². The van der Waals surface area contributed by atoms with Crippen LogP contribution in [0.2, 0.25) is 0 Å². The van der Waals surface area contributed by atoms with E-state index in [1.807, 2.05) is 6.92 Å². The molecule has 0 spiro atoms. The molecule has 1 N–H and O–H groups in total. The maximum absolute atomic E-state index is 11.8. The molecule has 1 atom stereocenters. The summed E-state index contributed by atoms with van der Waals surface area (Å²) in [7, 11) is -3.63. The molecule has 0 fully saturated rings. The van der Waals surface area contributed by atoms with Gasteiger partial charge in [-0.15, -0.1) is 0 Å². The normalized spacial score (nSPS) is 13.9. The van der Waals surface area contributed by atoms with Crippen molar-refractivity contribution in [2.75, 3.05) is 19.0 Å². The number of rotatable bonds is 9. The van der Waals surface area contributed by atoms with Crippen molar-refractivity contribution in [3.05, 3.63) is 0 Å². The number of carbonyl (C=O) groups is 1. The standard InChI is InChI=1S/C11H22O5S/c1-4-5-6-16-7-8-17(14,15)10(9(2)3)11(12)13/h9-10H,4-8H2,1-3H3,(H,12,13). The highest BCUT2D eigenvalue weighted by atomic mass is 32.2. The molecule has 5 nitrogen and oxygen atoms in total. The molecule has 0 saturated carbocycles. The van der Waals surface area contributed by atoms with Crippen LogP contribution in [0.5, 0.6) is 0 Å². The van der Waals surface area contributed by atoms with Gasteiger partial charge in [0.2, 0.25) is 0 Å². The first-order chi connectivity index (χ1) is 7.83. The Morgan fingerprint density at radius 2 is 1.88 bits per heavy atom. The van der Waals surface area contributed by atoms with Crippen LogP contribution in [-0.4, -0.2) is 43.7 Å². The first-order valence-corrected chi connectivity index (χ1v) is 7.56. The Labute approximate surface area is 103 Å². The summed E-state index contributed by atoms with van der Waals surface area (Å²) in [5.41, 5.74) is 0. The van der Waals surface area contributed by atoms with Crippen LogP contribution < -0.4 is 0 Å². The van der Waals surface area contributed by atoms with E-state index < -0.39 is 27.0 Å². The zero-order valence-corrected chi connectivity index (χ0v) is 11.5. The molecule has 0 aliphatic heterocycles. The maximum Gasteiger partial charge on any atom is 0.322 e. The van der Waals surface area contributed by atoms with Gasteiger partial charge in [-0.2, -0.15) is 0 Å². The Hall–Kier alpha value is -0.620. The fourth-order valence-electron chi connectivity index (χ4n) is 1.50. The van der Waals surface area contributed by atoms with E-state index in [4.69, 9.17) is 9.84 Å². The topological polar surface area (TPSA) is 80.7 Å². The van der Waals surface area contributed by atoms with E-state index in [1.165, 1.54) is 0 Å². The first-order valence-electron chi connectivity index (χ1n) is 5.85. The van der Waals surface area contributed by atoms with Crippen LogP contribution in [-0.2, 0) is 19.4 Å². The van der Waals surface area contributed by atoms with Crippen molar-refractivity contribution in [3.63, 3.8) is 0 Å². The molecule has 1 unspecified atom stereocenters. The number of hydrogen-bond donors (Lipinski definition) is 1. The predicted molar refractivity (Wildman–Crippen MR) is 65.8 cm³/mol. The highest BCUT2D eigenvalue weighted by molar-refractivity contribution is 7.92. The van der Waals surface area contributed by atoms with Gasteiger partial charge in [0.25, 0.3) is 0 Å². The quantitative estimate of drug-likeness (QED) is 0.637. The Morgan fingerprint density at radius 3 is 2.29 bits per heavy atom. The van der Waals surface area contributed by atoms with E-state index in [2.05, 4.69) is 0 Å². The fraction of sp³-hybridized carbons (Fsp3) is 0.909. The Balaban J connectivity index is 4.30. The van der Waals surface area contributed by atoms with Gasteiger partial charge in [0.05, 0.1) is 12.4 Å². The predicted octanol–water partition coefficient (Wildman–Crippen LogP) is 1.33. The van der Waals surface area contributed by atoms with Crippen LogP contribution in [0.3, 0.4) is 0 Å². The van der Waals surface area contributed by atoms with Gasteiger partial charge < -0.3 is 9.84 Å². The summed E-state index contributed by atoms with van der Waals surface area (Å²) in [6.07, 6.45) is 1.86. The number of aliphatic carboxylic acids is 1. The van der Waals surface area contributed by atoms with Gasteiger partial charge in [-0.1, -0.05) is 27.2 Å². The third-order valence-corrected chi connectivity index (χ3v) is 4.65. The molecule has 0 rings (SSSR count). The van der Waals surface area contributed by atoms with Crippen LogP contribution in [0.4, 0.5) is 0 Å². The molecule has 0 aromatic heterocycles. The lowest BCUT2D eigenvalue weighted by molar-refractivity contribution is -0.137. The Kier molecular flexibility index (Phi) is 7.38. The zero-order valence-electron chi connectivity index (χ0n) is 10.7. The average Bonchev–Trinajstić information content (AvgIpc) is 2.15. The molecule has 17 heavy (non-hydrogen) atoms. The highest BCUT2D eigenvalue weighted by Crippen LogP contribution is 2.13. The Bertz CT molecular complexity index is 321. The molecular weight excluding hydrogens is 244 g/mol. The van der Waals surface area contributed by atoms with Gasteiger partial charge >= 0.3 is 5.97 Å². The molecule has 0 bridgehead atoms. The summed E-state index contributed by atoms with van der Waals surface area (Å²) in [6, 6.07) is 0. The lowest BCUT2D eigenvalue weighted by Gasteiger charge is -2.16. The largest absolute Gasteiger partial charge is 0.480 e. The summed E-state index contributed by atoms with van der Waals surface area (Å²) in [6.45, 7) is 5.78. The van der Waals surface area contributed by atoms with Crippen LogP contribution in [0.1, 0.15) is 33.6 Å². The smallest absolute Gasteiger partial charge is 0.322 e. The number of sulfone groups is 1. The average molecular weight is 266 g/mol. The lowest BCUT2D eigenvalue weighted by Crippen LogP contribution is -2.37. The minimum Gasteiger partial charge on any atom is -0.480 e. The lowest BCUT2D eigenvalue weighted by atomic mass is 10.1. The van der Waals surface area contributed by atoms with Gasteiger partial charge in [0, 0.05) is 6.61 Å². The minimum absolute atomic E-state index is 0.0683. The van der Waals surface area contributed by atoms with Crippen LogP contribution >= 0.6 is 0 Å². The minimum atomic E-state index is -3.63. The van der Waals surface area contributed by atoms with Gasteiger partial charge in [0.15, 0.2) is 15.1 Å². The molecule has 0 heterocycles. The second-order valence-electron chi connectivity index (χ2n) is 4.34. The molecule has 0 radical (unpaired) electrons. The van der Waals surface area contributed by atoms with Crippen LogP contribution in [0.25, 0.3) is 0 Å². The number of ether oxygens (including phenoxy) is 1. The Morgan fingerprint density at radius 1 is 1.29 bits per heavy atom. The van der Waals surface area contributed by atoms with Crippen molar-refractivity contribution in [1.82, 2.24) is 0 Å². The SMILES string of the molecule is CCCCOCCS(=O)(=O)C(C(=O)O)C(C)C. The van der Waals surface area contributed by atoms with Crippen LogP contribution in [0.15, 0.2) is 0 Å². The van der Waals surface area contributed by atoms with E-state index >= 15 is 0 Å². The molecule has 0 saturated heterocycles. The van der Waals surface area contributed by atoms with Crippen molar-refractivity contribution in [3.8, 4) is 0 Å². The van der Waals surface area contributed by atoms with Gasteiger partial charge in [-0.05, 0) is 12.3 Å². The van der Waals surface area contributed by atoms with Gasteiger partial charge in [-0.3, -0.25) is 4.79 Å². The molecule has 0 aromatic rings. The van der Waals surface area contributed by atoms with Crippen molar-refractivity contribution in [2.45, 2.75) is 38.9 Å². The van der Waals surface area contributed by atoms with Gasteiger partial charge in [0.1, 0.15) is 0 Å². The second kappa shape index (κ2) is 7.66. The molecule has 0 aliphatic rings. The summed E-state index contributed by atoms with van der Waals surface area (Å²) in [4.78, 5) is 10.9. The molecule has 0 aromatic carbocycles. The van der Waals surface area contributed by atoms with E-state index in [0.29, 0.717) is 6.61 Å². The molecule has 0 aliphatic carbocycles. The summed E-state index contributed by atoms with van der Waals surface area (Å²) >= 11 is 0. The van der Waals surface area contributed by atoms with Crippen molar-refractivity contribution >= 4 is 15.8 Å². The number of hydrogen-bond acceptors (Lipinski definition) is 4. The number of carboxylic acids is 1. The van der Waals surface area contributed by atoms with Crippen molar-refractivity contribution < 1.29 is 23.1 Å². The summed E-state index contributed by atoms with van der Waals surface area (Å²) in [5, 5.41) is 7.56. The van der Waals surface area contributed by atoms with Crippen LogP contribution in [0, 0.1) is 5.92 Å². The monoisotopic (exact) mass is 266 g/mol. The van der Waals surface area contributed by atoms with E-state index in [0.717, 1.165) is 12.8 Å². The molecule has 0 amide bonds. The summed E-state index contributed by atoms with van der Waals surface area (Å²) in [5.74, 6) is -1.95. The van der Waals surface area contributed by atoms with E-state index in [-0.39, 0.29) is 12.4 Å². The fourth-order valence-corrected chi connectivity index (χ4v) is 3.24. The number of unbranched alkanes of at least 4 members (excludes halogenated alkanes) is 1. The van der Waals surface area contributed by atoms with Crippen molar-refractivity contribution in [1.29, 1.82) is 0 Å². The highest BCUT2D eigenvalue weighted by Gasteiger charge is 2.34. The molecule has 102 valence electrons. The molecular formula is C11H22O5S. The molecule has 6 heteroatoms. The summed E-state index contributed by atoms with van der Waals surface area (Å²) < 4.78 is 28.7. The van der Waals surface area contributed by atoms with Gasteiger partial charge in [-0.25, -0.2) is 8.42 Å². The third kappa shape index (κ3) is 6.02. The number of carboxylic acid groups (broad SMARTS) is 1. The third-order valence-electron chi connectivity index (χ3n) is 2.39. The van der Waals surface area contributed by atoms with Crippen molar-refractivity contribution in [2.24, 2.45) is 5.92 Å². The maximum atomic E-state index is 11.8. The first kappa shape index (κ1) is 16.4. The van der Waals surface area contributed by atoms with E-state index in [1.54, 1.807) is 13.8 Å².